The number of nitrogens with one attached hydrogen (secondary N) is 1. The monoisotopic (exact) mass is 466 g/mol. The Labute approximate surface area is 187 Å². The lowest BCUT2D eigenvalue weighted by atomic mass is 9.96. The zero-order valence-corrected chi connectivity index (χ0v) is 19.1. The van der Waals surface area contributed by atoms with Gasteiger partial charge in [-0.15, -0.1) is 0 Å². The minimum Gasteiger partial charge on any atom is -0.479 e. The lowest BCUT2D eigenvalue weighted by Crippen LogP contribution is -2.25. The molecule has 3 heterocycles. The van der Waals surface area contributed by atoms with Crippen molar-refractivity contribution in [1.82, 2.24) is 14.9 Å². The Hall–Kier alpha value is -2.33. The van der Waals surface area contributed by atoms with Crippen LogP contribution in [0.1, 0.15) is 42.6 Å². The maximum absolute atomic E-state index is 14.7. The second-order valence-electron chi connectivity index (χ2n) is 8.54. The van der Waals surface area contributed by atoms with Crippen LogP contribution in [0.2, 0.25) is 0 Å². The Kier molecular flexibility index (Phi) is 6.35. The van der Waals surface area contributed by atoms with Gasteiger partial charge in [-0.05, 0) is 50.1 Å². The van der Waals surface area contributed by atoms with E-state index in [1.807, 2.05) is 7.05 Å². The minimum absolute atomic E-state index is 0.175. The van der Waals surface area contributed by atoms with Gasteiger partial charge in [0.2, 0.25) is 5.88 Å². The van der Waals surface area contributed by atoms with Crippen molar-refractivity contribution in [2.75, 3.05) is 32.0 Å². The highest BCUT2D eigenvalue weighted by atomic mass is 32.2. The first-order valence-corrected chi connectivity index (χ1v) is 12.3. The van der Waals surface area contributed by atoms with E-state index in [4.69, 9.17) is 4.74 Å². The Morgan fingerprint density at radius 2 is 1.91 bits per heavy atom. The van der Waals surface area contributed by atoms with Crippen LogP contribution in [0, 0.1) is 5.92 Å². The fourth-order valence-electron chi connectivity index (χ4n) is 4.39. The topological polar surface area (TPSA) is 84.4 Å². The molecule has 1 fully saturated rings. The van der Waals surface area contributed by atoms with Crippen molar-refractivity contribution >= 4 is 15.7 Å². The molecular formula is C22H28F2N4O3S. The molecule has 174 valence electrons. The molecule has 0 amide bonds. The van der Waals surface area contributed by atoms with Gasteiger partial charge in [-0.1, -0.05) is 12.8 Å². The summed E-state index contributed by atoms with van der Waals surface area (Å²) in [6.45, 7) is 1.70. The Morgan fingerprint density at radius 3 is 2.56 bits per heavy atom. The number of methoxy groups -OCH3 is 1. The van der Waals surface area contributed by atoms with Crippen LogP contribution in [0.15, 0.2) is 29.3 Å². The number of sulfonamides is 1. The standard InChI is InChI=1S/C22H28F2N4O3S/c1-28-11-9-15-13-19(21(31-2)26-18(15)10-12-28)27-32(29,30)17-7-8-20(25-14-17)22(23,24)16-5-3-4-6-16/h7-8,13-14,16,27H,3-6,9-12H2,1-2H3. The van der Waals surface area contributed by atoms with Crippen molar-refractivity contribution in [3.8, 4) is 5.88 Å². The van der Waals surface area contributed by atoms with Gasteiger partial charge in [0.25, 0.3) is 15.9 Å². The Bertz CT molecular complexity index is 1070. The maximum atomic E-state index is 14.7. The first-order chi connectivity index (χ1) is 15.2. The first kappa shape index (κ1) is 22.8. The van der Waals surface area contributed by atoms with E-state index in [0.29, 0.717) is 12.8 Å². The highest BCUT2D eigenvalue weighted by Gasteiger charge is 2.43. The molecule has 0 atom stereocenters. The fraction of sp³-hybridized carbons (Fsp3) is 0.545. The van der Waals surface area contributed by atoms with E-state index in [9.17, 15) is 17.2 Å². The van der Waals surface area contributed by atoms with Crippen LogP contribution in [0.25, 0.3) is 0 Å². The molecule has 32 heavy (non-hydrogen) atoms. The summed E-state index contributed by atoms with van der Waals surface area (Å²) < 4.78 is 63.1. The van der Waals surface area contributed by atoms with E-state index >= 15 is 0 Å². The molecule has 2 aliphatic rings. The molecule has 0 unspecified atom stereocenters. The average molecular weight is 467 g/mol. The van der Waals surface area contributed by atoms with Crippen molar-refractivity contribution in [1.29, 1.82) is 0 Å². The molecule has 1 saturated carbocycles. The predicted octanol–water partition coefficient (Wildman–Crippen LogP) is 3.60. The molecule has 0 aromatic carbocycles. The molecule has 0 bridgehead atoms. The van der Waals surface area contributed by atoms with Crippen molar-refractivity contribution in [2.24, 2.45) is 5.92 Å². The van der Waals surface area contributed by atoms with Crippen LogP contribution >= 0.6 is 0 Å². The molecule has 1 N–H and O–H groups in total. The number of pyridine rings is 2. The number of hydrogen-bond donors (Lipinski definition) is 1. The normalized spacial score (nSPS) is 18.2. The fourth-order valence-corrected chi connectivity index (χ4v) is 5.39. The number of fused-ring (bicyclic) bond motifs is 1. The van der Waals surface area contributed by atoms with Gasteiger partial charge in [0.05, 0.1) is 7.11 Å². The molecule has 1 aliphatic carbocycles. The van der Waals surface area contributed by atoms with Crippen molar-refractivity contribution in [3.63, 3.8) is 0 Å². The van der Waals surface area contributed by atoms with Gasteiger partial charge in [0.15, 0.2) is 0 Å². The van der Waals surface area contributed by atoms with Gasteiger partial charge >= 0.3 is 0 Å². The molecule has 2 aromatic heterocycles. The minimum atomic E-state index is -4.06. The van der Waals surface area contributed by atoms with Crippen LogP contribution in [-0.2, 0) is 28.8 Å². The number of rotatable bonds is 6. The van der Waals surface area contributed by atoms with Crippen LogP contribution < -0.4 is 9.46 Å². The van der Waals surface area contributed by atoms with Crippen molar-refractivity contribution < 1.29 is 21.9 Å². The lowest BCUT2D eigenvalue weighted by molar-refractivity contribution is -0.0666. The Morgan fingerprint density at radius 1 is 1.19 bits per heavy atom. The largest absolute Gasteiger partial charge is 0.479 e. The van der Waals surface area contributed by atoms with E-state index in [1.165, 1.54) is 13.2 Å². The number of nitrogens with zero attached hydrogens (tertiary/aromatic N) is 3. The highest BCUT2D eigenvalue weighted by Crippen LogP contribution is 2.44. The first-order valence-electron chi connectivity index (χ1n) is 10.8. The van der Waals surface area contributed by atoms with Crippen LogP contribution in [0.5, 0.6) is 5.88 Å². The Balaban J connectivity index is 1.58. The van der Waals surface area contributed by atoms with Crippen LogP contribution in [0.3, 0.4) is 0 Å². The summed E-state index contributed by atoms with van der Waals surface area (Å²) in [6.07, 6.45) is 4.94. The number of alkyl halides is 2. The molecule has 4 rings (SSSR count). The molecular weight excluding hydrogens is 438 g/mol. The number of anilines is 1. The lowest BCUT2D eigenvalue weighted by Gasteiger charge is -2.22. The highest BCUT2D eigenvalue weighted by molar-refractivity contribution is 7.92. The SMILES string of the molecule is COc1nc2c(cc1NS(=O)(=O)c1ccc(C(F)(F)C3CCCC3)nc1)CCN(C)CC2. The summed E-state index contributed by atoms with van der Waals surface area (Å²) in [7, 11) is -0.607. The number of halogens is 2. The molecule has 0 radical (unpaired) electrons. The summed E-state index contributed by atoms with van der Waals surface area (Å²) in [5.74, 6) is -3.64. The average Bonchev–Trinajstić information content (AvgIpc) is 3.26. The quantitative estimate of drug-likeness (QED) is 0.700. The summed E-state index contributed by atoms with van der Waals surface area (Å²) in [5.41, 5.74) is 1.67. The van der Waals surface area contributed by atoms with E-state index in [1.54, 1.807) is 6.07 Å². The molecule has 7 nitrogen and oxygen atoms in total. The van der Waals surface area contributed by atoms with Crippen LogP contribution in [0.4, 0.5) is 14.5 Å². The second-order valence-corrected chi connectivity index (χ2v) is 10.2. The number of likely N-dealkylation sites (N-methyl/N-ethyl adjacent to an activating group) is 1. The number of hydrogen-bond acceptors (Lipinski definition) is 6. The molecule has 10 heteroatoms. The van der Waals surface area contributed by atoms with E-state index in [0.717, 1.165) is 62.3 Å². The summed E-state index contributed by atoms with van der Waals surface area (Å²) >= 11 is 0. The smallest absolute Gasteiger partial charge is 0.292 e. The summed E-state index contributed by atoms with van der Waals surface area (Å²) in [6, 6.07) is 4.02. The van der Waals surface area contributed by atoms with E-state index in [-0.39, 0.29) is 16.5 Å². The number of aromatic nitrogens is 2. The van der Waals surface area contributed by atoms with Crippen LogP contribution in [-0.4, -0.2) is 50.5 Å². The van der Waals surface area contributed by atoms with Gasteiger partial charge in [-0.3, -0.25) is 9.71 Å². The third kappa shape index (κ3) is 4.56. The van der Waals surface area contributed by atoms with Gasteiger partial charge in [-0.2, -0.15) is 8.78 Å². The van der Waals surface area contributed by atoms with Gasteiger partial charge in [0, 0.05) is 37.3 Å². The molecule has 1 aliphatic heterocycles. The van der Waals surface area contributed by atoms with E-state index < -0.39 is 27.6 Å². The zero-order chi connectivity index (χ0) is 22.9. The molecule has 2 aromatic rings. The second kappa shape index (κ2) is 8.90. The zero-order valence-electron chi connectivity index (χ0n) is 18.3. The van der Waals surface area contributed by atoms with Crippen molar-refractivity contribution in [2.45, 2.75) is 49.3 Å². The predicted molar refractivity (Wildman–Crippen MR) is 117 cm³/mol. The van der Waals surface area contributed by atoms with Gasteiger partial charge in [-0.25, -0.2) is 13.4 Å². The number of ether oxygens (including phenoxy) is 1. The van der Waals surface area contributed by atoms with Gasteiger partial charge in [0.1, 0.15) is 16.3 Å². The third-order valence-corrected chi connectivity index (χ3v) is 7.69. The summed E-state index contributed by atoms with van der Waals surface area (Å²) in [5, 5.41) is 0. The van der Waals surface area contributed by atoms with E-state index in [2.05, 4.69) is 19.6 Å². The molecule has 0 saturated heterocycles. The van der Waals surface area contributed by atoms with Gasteiger partial charge < -0.3 is 9.64 Å². The van der Waals surface area contributed by atoms with Crippen molar-refractivity contribution in [3.05, 3.63) is 41.3 Å². The third-order valence-electron chi connectivity index (χ3n) is 6.34. The maximum Gasteiger partial charge on any atom is 0.292 e. The molecule has 0 spiro atoms. The summed E-state index contributed by atoms with van der Waals surface area (Å²) in [4.78, 5) is 10.3.